The molecule has 0 heterocycles. The zero-order chi connectivity index (χ0) is 12.4. The number of aliphatic imine (C=N–C) groups is 2. The predicted octanol–water partition coefficient (Wildman–Crippen LogP) is 1.06. The van der Waals surface area contributed by atoms with Gasteiger partial charge in [0.25, 0.3) is 0 Å². The van der Waals surface area contributed by atoms with Gasteiger partial charge in [0.2, 0.25) is 12.2 Å². The molecule has 6 heteroatoms. The van der Waals surface area contributed by atoms with Crippen molar-refractivity contribution in [3.8, 4) is 0 Å². The Hall–Kier alpha value is -1.77. The van der Waals surface area contributed by atoms with Crippen molar-refractivity contribution in [2.45, 2.75) is 38.1 Å². The van der Waals surface area contributed by atoms with Crippen molar-refractivity contribution >= 4 is 18.1 Å². The maximum absolute atomic E-state index is 11.1. The molecule has 0 rings (SSSR count). The maximum Gasteiger partial charge on any atom is 0.332 e. The SMILES string of the molecule is CCCC(CCCN=C=O)(N=C=O)C(=O)O. The van der Waals surface area contributed by atoms with Crippen molar-refractivity contribution in [3.63, 3.8) is 0 Å². The van der Waals surface area contributed by atoms with E-state index in [2.05, 4.69) is 9.98 Å². The number of carboxylic acids is 1. The third-order valence-electron chi connectivity index (χ3n) is 2.25. The monoisotopic (exact) mass is 226 g/mol. The van der Waals surface area contributed by atoms with Gasteiger partial charge in [0.1, 0.15) is 0 Å². The molecule has 0 saturated heterocycles. The third kappa shape index (κ3) is 4.17. The molecule has 0 radical (unpaired) electrons. The molecular weight excluding hydrogens is 212 g/mol. The van der Waals surface area contributed by atoms with Crippen molar-refractivity contribution in [2.24, 2.45) is 9.98 Å². The molecule has 88 valence electrons. The average Bonchev–Trinajstić information content (AvgIpc) is 2.24. The first-order chi connectivity index (χ1) is 7.63. The largest absolute Gasteiger partial charge is 0.479 e. The lowest BCUT2D eigenvalue weighted by Crippen LogP contribution is -2.36. The van der Waals surface area contributed by atoms with Crippen LogP contribution in [0.15, 0.2) is 9.98 Å². The van der Waals surface area contributed by atoms with Crippen LogP contribution in [-0.2, 0) is 14.4 Å². The van der Waals surface area contributed by atoms with E-state index in [1.54, 1.807) is 0 Å². The Kier molecular flexibility index (Phi) is 6.68. The molecular formula is C10H14N2O4. The van der Waals surface area contributed by atoms with Gasteiger partial charge in [-0.25, -0.2) is 19.4 Å². The normalized spacial score (nSPS) is 13.1. The molecule has 0 aliphatic heterocycles. The Morgan fingerprint density at radius 2 is 2.00 bits per heavy atom. The molecule has 1 atom stereocenters. The van der Waals surface area contributed by atoms with Crippen molar-refractivity contribution in [2.75, 3.05) is 6.54 Å². The highest BCUT2D eigenvalue weighted by Crippen LogP contribution is 2.24. The molecule has 0 aliphatic carbocycles. The molecule has 0 aromatic heterocycles. The molecule has 0 spiro atoms. The highest BCUT2D eigenvalue weighted by molar-refractivity contribution is 5.80. The van der Waals surface area contributed by atoms with Gasteiger partial charge in [0.15, 0.2) is 5.54 Å². The summed E-state index contributed by atoms with van der Waals surface area (Å²) < 4.78 is 0. The Labute approximate surface area is 93.1 Å². The van der Waals surface area contributed by atoms with Gasteiger partial charge in [-0.2, -0.15) is 4.99 Å². The van der Waals surface area contributed by atoms with Crippen LogP contribution >= 0.6 is 0 Å². The lowest BCUT2D eigenvalue weighted by Gasteiger charge is -2.22. The van der Waals surface area contributed by atoms with Gasteiger partial charge in [-0.15, -0.1) is 0 Å². The smallest absolute Gasteiger partial charge is 0.332 e. The van der Waals surface area contributed by atoms with Gasteiger partial charge >= 0.3 is 5.97 Å². The first-order valence-corrected chi connectivity index (χ1v) is 4.99. The van der Waals surface area contributed by atoms with Gasteiger partial charge in [-0.05, 0) is 19.3 Å². The number of hydrogen-bond acceptors (Lipinski definition) is 5. The summed E-state index contributed by atoms with van der Waals surface area (Å²) in [7, 11) is 0. The highest BCUT2D eigenvalue weighted by Gasteiger charge is 2.36. The lowest BCUT2D eigenvalue weighted by atomic mass is 9.89. The minimum Gasteiger partial charge on any atom is -0.479 e. The van der Waals surface area contributed by atoms with Crippen LogP contribution < -0.4 is 0 Å². The van der Waals surface area contributed by atoms with Crippen LogP contribution in [0.2, 0.25) is 0 Å². The van der Waals surface area contributed by atoms with Crippen LogP contribution in [0.25, 0.3) is 0 Å². The van der Waals surface area contributed by atoms with E-state index >= 15 is 0 Å². The molecule has 0 bridgehead atoms. The van der Waals surface area contributed by atoms with Gasteiger partial charge in [0.05, 0.1) is 6.54 Å². The van der Waals surface area contributed by atoms with Crippen LogP contribution in [0.1, 0.15) is 32.6 Å². The number of carbonyl (C=O) groups is 1. The summed E-state index contributed by atoms with van der Waals surface area (Å²) in [6.07, 6.45) is 4.06. The molecule has 16 heavy (non-hydrogen) atoms. The molecule has 0 fully saturated rings. The van der Waals surface area contributed by atoms with Crippen molar-refractivity contribution in [1.29, 1.82) is 0 Å². The zero-order valence-electron chi connectivity index (χ0n) is 9.10. The van der Waals surface area contributed by atoms with Crippen LogP contribution in [0.5, 0.6) is 0 Å². The molecule has 0 saturated carbocycles. The number of nitrogens with zero attached hydrogens (tertiary/aromatic N) is 2. The van der Waals surface area contributed by atoms with Gasteiger partial charge in [0, 0.05) is 0 Å². The Morgan fingerprint density at radius 3 is 2.44 bits per heavy atom. The number of aliphatic carboxylic acids is 1. The average molecular weight is 226 g/mol. The second-order valence-electron chi connectivity index (χ2n) is 3.37. The molecule has 6 nitrogen and oxygen atoms in total. The summed E-state index contributed by atoms with van der Waals surface area (Å²) in [5, 5.41) is 9.06. The summed E-state index contributed by atoms with van der Waals surface area (Å²) in [5.41, 5.74) is -1.42. The minimum atomic E-state index is -1.42. The standard InChI is InChI=1S/C10H14N2O4/c1-2-4-10(9(15)16,12-8-14)5-3-6-11-7-13/h2-6H2,1H3,(H,15,16). The van der Waals surface area contributed by atoms with Crippen molar-refractivity contribution in [3.05, 3.63) is 0 Å². The maximum atomic E-state index is 11.1. The highest BCUT2D eigenvalue weighted by atomic mass is 16.4. The first kappa shape index (κ1) is 14.2. The fraction of sp³-hybridized carbons (Fsp3) is 0.700. The molecule has 1 N–H and O–H groups in total. The summed E-state index contributed by atoms with van der Waals surface area (Å²) in [6.45, 7) is 2.00. The topological polar surface area (TPSA) is 96.2 Å². The summed E-state index contributed by atoms with van der Waals surface area (Å²) in [6, 6.07) is 0. The van der Waals surface area contributed by atoms with E-state index in [9.17, 15) is 14.4 Å². The van der Waals surface area contributed by atoms with Gasteiger partial charge in [-0.1, -0.05) is 13.3 Å². The molecule has 1 unspecified atom stereocenters. The van der Waals surface area contributed by atoms with Crippen LogP contribution in [-0.4, -0.2) is 35.3 Å². The van der Waals surface area contributed by atoms with E-state index in [0.717, 1.165) is 0 Å². The van der Waals surface area contributed by atoms with E-state index in [1.807, 2.05) is 6.92 Å². The van der Waals surface area contributed by atoms with Crippen LogP contribution in [0.4, 0.5) is 0 Å². The Morgan fingerprint density at radius 1 is 1.31 bits per heavy atom. The van der Waals surface area contributed by atoms with Gasteiger partial charge in [-0.3, -0.25) is 0 Å². The van der Waals surface area contributed by atoms with E-state index < -0.39 is 11.5 Å². The van der Waals surface area contributed by atoms with Crippen molar-refractivity contribution in [1.82, 2.24) is 0 Å². The zero-order valence-corrected chi connectivity index (χ0v) is 9.10. The fourth-order valence-electron chi connectivity index (χ4n) is 1.50. The van der Waals surface area contributed by atoms with E-state index in [4.69, 9.17) is 5.11 Å². The first-order valence-electron chi connectivity index (χ1n) is 4.99. The minimum absolute atomic E-state index is 0.163. The second-order valence-corrected chi connectivity index (χ2v) is 3.37. The quantitative estimate of drug-likeness (QED) is 0.380. The van der Waals surface area contributed by atoms with Crippen LogP contribution in [0.3, 0.4) is 0 Å². The molecule has 0 amide bonds. The Balaban J connectivity index is 4.67. The summed E-state index contributed by atoms with van der Waals surface area (Å²) in [4.78, 5) is 37.9. The van der Waals surface area contributed by atoms with Crippen molar-refractivity contribution < 1.29 is 19.5 Å². The lowest BCUT2D eigenvalue weighted by molar-refractivity contribution is -0.143. The van der Waals surface area contributed by atoms with Gasteiger partial charge < -0.3 is 5.11 Å². The summed E-state index contributed by atoms with van der Waals surface area (Å²) >= 11 is 0. The van der Waals surface area contributed by atoms with E-state index in [-0.39, 0.29) is 19.4 Å². The molecule has 0 aromatic rings. The predicted molar refractivity (Wildman–Crippen MR) is 55.6 cm³/mol. The Bertz CT molecular complexity index is 326. The van der Waals surface area contributed by atoms with E-state index in [1.165, 1.54) is 12.2 Å². The summed E-state index contributed by atoms with van der Waals surface area (Å²) in [5.74, 6) is -1.15. The number of carboxylic acid groups (broad SMARTS) is 1. The number of carbonyl (C=O) groups excluding carboxylic acids is 2. The molecule has 0 aromatic carbocycles. The fourth-order valence-corrected chi connectivity index (χ4v) is 1.50. The van der Waals surface area contributed by atoms with E-state index in [0.29, 0.717) is 12.8 Å². The number of rotatable bonds is 8. The third-order valence-corrected chi connectivity index (χ3v) is 2.25. The molecule has 0 aliphatic rings. The second kappa shape index (κ2) is 7.51. The number of isocyanates is 2. The van der Waals surface area contributed by atoms with Crippen LogP contribution in [0, 0.1) is 0 Å². The number of hydrogen-bond donors (Lipinski definition) is 1.